The highest BCUT2D eigenvalue weighted by atomic mass is 35.5. The van der Waals surface area contributed by atoms with E-state index in [1.54, 1.807) is 0 Å². The molecule has 1 aliphatic rings. The predicted octanol–water partition coefficient (Wildman–Crippen LogP) is 4.51. The van der Waals surface area contributed by atoms with Crippen LogP contribution in [0.25, 0.3) is 10.9 Å². The van der Waals surface area contributed by atoms with Gasteiger partial charge in [-0.15, -0.1) is 0 Å². The average Bonchev–Trinajstić information content (AvgIpc) is 2.46. The molecule has 1 heterocycles. The molecule has 0 spiro atoms. The van der Waals surface area contributed by atoms with Crippen LogP contribution in [0.3, 0.4) is 0 Å². The Balaban J connectivity index is 2.05. The topological polar surface area (TPSA) is 24.9 Å². The maximum atomic E-state index is 6.21. The van der Waals surface area contributed by atoms with Crippen LogP contribution in [0.2, 0.25) is 5.02 Å². The Morgan fingerprint density at radius 3 is 2.86 bits per heavy atom. The number of hydrogen-bond donors (Lipinski definition) is 1. The van der Waals surface area contributed by atoms with Crippen LogP contribution in [0.5, 0.6) is 0 Å². The second kappa shape index (κ2) is 6.33. The van der Waals surface area contributed by atoms with Gasteiger partial charge in [-0.1, -0.05) is 25.4 Å². The maximum Gasteiger partial charge on any atom is 0.0709 e. The average molecular weight is 303 g/mol. The Labute approximate surface area is 131 Å². The summed E-state index contributed by atoms with van der Waals surface area (Å²) >= 11 is 6.21. The van der Waals surface area contributed by atoms with E-state index in [1.807, 2.05) is 6.07 Å². The summed E-state index contributed by atoms with van der Waals surface area (Å²) in [5.41, 5.74) is 5.27. The van der Waals surface area contributed by atoms with Gasteiger partial charge < -0.3 is 5.32 Å². The molecule has 0 unspecified atom stereocenters. The van der Waals surface area contributed by atoms with E-state index in [0.29, 0.717) is 5.92 Å². The van der Waals surface area contributed by atoms with Gasteiger partial charge in [-0.2, -0.15) is 0 Å². The Morgan fingerprint density at radius 1 is 1.24 bits per heavy atom. The fourth-order valence-electron chi connectivity index (χ4n) is 3.18. The fraction of sp³-hybridized carbons (Fsp3) is 0.500. The van der Waals surface area contributed by atoms with Crippen molar-refractivity contribution in [3.05, 3.63) is 40.0 Å². The third kappa shape index (κ3) is 3.22. The highest BCUT2D eigenvalue weighted by Gasteiger charge is 2.18. The van der Waals surface area contributed by atoms with Crippen LogP contribution in [-0.4, -0.2) is 11.5 Å². The smallest absolute Gasteiger partial charge is 0.0709 e. The van der Waals surface area contributed by atoms with Gasteiger partial charge in [0.2, 0.25) is 0 Å². The molecule has 0 bridgehead atoms. The first-order valence-electron chi connectivity index (χ1n) is 7.95. The van der Waals surface area contributed by atoms with E-state index in [1.165, 1.54) is 35.0 Å². The fourth-order valence-corrected chi connectivity index (χ4v) is 3.35. The highest BCUT2D eigenvalue weighted by Crippen LogP contribution is 2.30. The van der Waals surface area contributed by atoms with Crippen molar-refractivity contribution < 1.29 is 0 Å². The summed E-state index contributed by atoms with van der Waals surface area (Å²) in [5, 5.41) is 5.61. The van der Waals surface area contributed by atoms with Crippen LogP contribution in [0.4, 0.5) is 0 Å². The molecule has 0 aliphatic heterocycles. The van der Waals surface area contributed by atoms with Gasteiger partial charge in [-0.3, -0.25) is 4.98 Å². The number of aromatic nitrogens is 1. The van der Waals surface area contributed by atoms with Crippen molar-refractivity contribution in [2.24, 2.45) is 5.92 Å². The van der Waals surface area contributed by atoms with E-state index in [9.17, 15) is 0 Å². The van der Waals surface area contributed by atoms with Crippen LogP contribution in [-0.2, 0) is 19.4 Å². The van der Waals surface area contributed by atoms with E-state index >= 15 is 0 Å². The van der Waals surface area contributed by atoms with E-state index in [-0.39, 0.29) is 0 Å². The summed E-state index contributed by atoms with van der Waals surface area (Å²) in [5.74, 6) is 0.664. The van der Waals surface area contributed by atoms with Crippen molar-refractivity contribution in [3.63, 3.8) is 0 Å². The standard InChI is InChI=1S/C18H23ClN2/c1-12(2)10-20-11-16-14-5-3-4-6-17(14)21-18-8-7-13(19)9-15(16)18/h7-9,12,20H,3-6,10-11H2,1-2H3. The first-order chi connectivity index (χ1) is 10.1. The molecule has 112 valence electrons. The Hall–Kier alpha value is -1.12. The van der Waals surface area contributed by atoms with Gasteiger partial charge in [0.05, 0.1) is 5.52 Å². The van der Waals surface area contributed by atoms with E-state index in [4.69, 9.17) is 16.6 Å². The van der Waals surface area contributed by atoms with Crippen LogP contribution in [0.1, 0.15) is 43.5 Å². The van der Waals surface area contributed by atoms with Crippen molar-refractivity contribution in [2.45, 2.75) is 46.1 Å². The number of fused-ring (bicyclic) bond motifs is 2. The van der Waals surface area contributed by atoms with Crippen molar-refractivity contribution in [2.75, 3.05) is 6.54 Å². The molecule has 3 heteroatoms. The number of aryl methyl sites for hydroxylation is 1. The zero-order valence-corrected chi connectivity index (χ0v) is 13.6. The molecule has 1 aromatic heterocycles. The Bertz CT molecular complexity index is 649. The van der Waals surface area contributed by atoms with Crippen LogP contribution < -0.4 is 5.32 Å². The van der Waals surface area contributed by atoms with Gasteiger partial charge >= 0.3 is 0 Å². The molecule has 2 aromatic rings. The zero-order valence-electron chi connectivity index (χ0n) is 12.9. The zero-order chi connectivity index (χ0) is 14.8. The minimum atomic E-state index is 0.664. The van der Waals surface area contributed by atoms with Gasteiger partial charge in [0.1, 0.15) is 0 Å². The summed E-state index contributed by atoms with van der Waals surface area (Å²) in [4.78, 5) is 4.87. The van der Waals surface area contributed by atoms with Gasteiger partial charge in [-0.25, -0.2) is 0 Å². The molecular weight excluding hydrogens is 280 g/mol. The molecule has 2 nitrogen and oxygen atoms in total. The van der Waals surface area contributed by atoms with Crippen LogP contribution in [0.15, 0.2) is 18.2 Å². The normalized spacial score (nSPS) is 14.7. The first-order valence-corrected chi connectivity index (χ1v) is 8.33. The minimum Gasteiger partial charge on any atom is -0.312 e. The molecule has 0 atom stereocenters. The first kappa shape index (κ1) is 14.8. The van der Waals surface area contributed by atoms with Crippen molar-refractivity contribution >= 4 is 22.5 Å². The molecule has 3 rings (SSSR count). The van der Waals surface area contributed by atoms with E-state index in [0.717, 1.165) is 36.5 Å². The number of benzene rings is 1. The minimum absolute atomic E-state index is 0.664. The van der Waals surface area contributed by atoms with E-state index < -0.39 is 0 Å². The molecule has 0 saturated heterocycles. The summed E-state index contributed by atoms with van der Waals surface area (Å²) in [6, 6.07) is 6.07. The molecule has 1 aromatic carbocycles. The molecule has 0 saturated carbocycles. The maximum absolute atomic E-state index is 6.21. The molecule has 1 aliphatic carbocycles. The molecule has 0 amide bonds. The number of pyridine rings is 1. The van der Waals surface area contributed by atoms with E-state index in [2.05, 4.69) is 31.3 Å². The van der Waals surface area contributed by atoms with Crippen molar-refractivity contribution in [3.8, 4) is 0 Å². The molecule has 21 heavy (non-hydrogen) atoms. The van der Waals surface area contributed by atoms with Gasteiger partial charge in [0, 0.05) is 22.6 Å². The van der Waals surface area contributed by atoms with Gasteiger partial charge in [0.25, 0.3) is 0 Å². The third-order valence-corrected chi connectivity index (χ3v) is 4.43. The largest absolute Gasteiger partial charge is 0.312 e. The number of rotatable bonds is 4. The molecule has 0 fully saturated rings. The lowest BCUT2D eigenvalue weighted by atomic mass is 9.89. The van der Waals surface area contributed by atoms with Gasteiger partial charge in [0.15, 0.2) is 0 Å². The monoisotopic (exact) mass is 302 g/mol. The van der Waals surface area contributed by atoms with Gasteiger partial charge in [-0.05, 0) is 67.5 Å². The summed E-state index contributed by atoms with van der Waals surface area (Å²) < 4.78 is 0. The number of nitrogens with zero attached hydrogens (tertiary/aromatic N) is 1. The molecular formula is C18H23ClN2. The van der Waals surface area contributed by atoms with Crippen LogP contribution >= 0.6 is 11.6 Å². The number of halogens is 1. The molecule has 1 N–H and O–H groups in total. The highest BCUT2D eigenvalue weighted by molar-refractivity contribution is 6.31. The second-order valence-corrected chi connectivity index (χ2v) is 6.85. The summed E-state index contributed by atoms with van der Waals surface area (Å²) in [6.45, 7) is 6.44. The lowest BCUT2D eigenvalue weighted by molar-refractivity contribution is 0.549. The lowest BCUT2D eigenvalue weighted by Gasteiger charge is -2.21. The Morgan fingerprint density at radius 2 is 2.05 bits per heavy atom. The summed E-state index contributed by atoms with van der Waals surface area (Å²) in [6.07, 6.45) is 4.81. The predicted molar refractivity (Wildman–Crippen MR) is 89.9 cm³/mol. The van der Waals surface area contributed by atoms with Crippen molar-refractivity contribution in [1.29, 1.82) is 0 Å². The molecule has 0 radical (unpaired) electrons. The second-order valence-electron chi connectivity index (χ2n) is 6.41. The third-order valence-electron chi connectivity index (χ3n) is 4.20. The SMILES string of the molecule is CC(C)CNCc1c2c(nc3ccc(Cl)cc13)CCCC2. The van der Waals surface area contributed by atoms with Crippen molar-refractivity contribution in [1.82, 2.24) is 10.3 Å². The quantitative estimate of drug-likeness (QED) is 0.898. The lowest BCUT2D eigenvalue weighted by Crippen LogP contribution is -2.21. The van der Waals surface area contributed by atoms with Crippen LogP contribution in [0, 0.1) is 5.92 Å². The Kier molecular flexibility index (Phi) is 4.46. The number of nitrogens with one attached hydrogen (secondary N) is 1. The number of hydrogen-bond acceptors (Lipinski definition) is 2. The summed E-state index contributed by atoms with van der Waals surface area (Å²) in [7, 11) is 0.